The van der Waals surface area contributed by atoms with Gasteiger partial charge in [0.1, 0.15) is 11.5 Å². The Labute approximate surface area is 285 Å². The second-order valence-corrected chi connectivity index (χ2v) is 12.1. The molecule has 3 rings (SSSR count). The maximum absolute atomic E-state index is 11.6. The van der Waals surface area contributed by atoms with E-state index < -0.39 is 11.9 Å². The van der Waals surface area contributed by atoms with Gasteiger partial charge in [-0.1, -0.05) is 43.3 Å². The third kappa shape index (κ3) is 18.3. The van der Waals surface area contributed by atoms with Crippen molar-refractivity contribution in [1.29, 1.82) is 0 Å². The van der Waals surface area contributed by atoms with Crippen LogP contribution >= 0.6 is 0 Å². The Hall–Kier alpha value is -3.23. The normalized spacial score (nSPS) is 14.9. The number of aliphatic carboxylic acids is 1. The topological polar surface area (TPSA) is 160 Å². The van der Waals surface area contributed by atoms with E-state index in [9.17, 15) is 14.4 Å². The van der Waals surface area contributed by atoms with Gasteiger partial charge in [-0.25, -0.2) is 0 Å². The van der Waals surface area contributed by atoms with Gasteiger partial charge < -0.3 is 34.1 Å². The molecule has 1 saturated carbocycles. The van der Waals surface area contributed by atoms with Crippen molar-refractivity contribution < 1.29 is 43.2 Å². The molecule has 13 nitrogen and oxygen atoms in total. The molecule has 1 aliphatic carbocycles. The maximum atomic E-state index is 11.6. The zero-order chi connectivity index (χ0) is 35.0. The van der Waals surface area contributed by atoms with Crippen LogP contribution in [0.2, 0.25) is 0 Å². The van der Waals surface area contributed by atoms with E-state index >= 15 is 0 Å². The summed E-state index contributed by atoms with van der Waals surface area (Å²) in [4.78, 5) is 33.4. The van der Waals surface area contributed by atoms with Crippen LogP contribution in [-0.2, 0) is 57.6 Å². The first-order valence-corrected chi connectivity index (χ1v) is 17.0. The second-order valence-electron chi connectivity index (χ2n) is 12.1. The highest BCUT2D eigenvalue weighted by Gasteiger charge is 2.24. The number of carboxylic acid groups (broad SMARTS) is 1. The van der Waals surface area contributed by atoms with E-state index in [0.29, 0.717) is 84.2 Å². The SMILES string of the molecule is CC(C(=O)O)c1ccc(CC2CCCC2=O)cc1.CNC(=O)CCOCCOCCOCCOCCOCc1cn(CCC(C)C)nn1. The Morgan fingerprint density at radius 1 is 0.917 bits per heavy atom. The van der Waals surface area contributed by atoms with Crippen LogP contribution in [0.15, 0.2) is 30.5 Å². The molecule has 1 aromatic carbocycles. The largest absolute Gasteiger partial charge is 0.481 e. The van der Waals surface area contributed by atoms with E-state index in [1.807, 2.05) is 35.1 Å². The number of ether oxygens (including phenoxy) is 5. The predicted molar refractivity (Wildman–Crippen MR) is 180 cm³/mol. The molecule has 2 unspecified atom stereocenters. The predicted octanol–water partition coefficient (Wildman–Crippen LogP) is 3.83. The molecule has 1 heterocycles. The van der Waals surface area contributed by atoms with Crippen molar-refractivity contribution in [3.8, 4) is 0 Å². The van der Waals surface area contributed by atoms with Gasteiger partial charge in [-0.15, -0.1) is 5.10 Å². The Morgan fingerprint density at radius 2 is 1.50 bits per heavy atom. The number of Topliss-reactive ketones (excluding diaryl/α,β-unsaturated/α-hetero) is 1. The van der Waals surface area contributed by atoms with E-state index in [2.05, 4.69) is 29.5 Å². The molecule has 1 aromatic heterocycles. The van der Waals surface area contributed by atoms with Crippen LogP contribution < -0.4 is 5.32 Å². The molecule has 0 bridgehead atoms. The summed E-state index contributed by atoms with van der Waals surface area (Å²) in [7, 11) is 1.61. The lowest BCUT2D eigenvalue weighted by atomic mass is 9.94. The molecule has 2 N–H and O–H groups in total. The van der Waals surface area contributed by atoms with Gasteiger partial charge in [0.25, 0.3) is 0 Å². The average molecular weight is 677 g/mol. The van der Waals surface area contributed by atoms with E-state index in [0.717, 1.165) is 55.5 Å². The Kier molecular flexibility index (Phi) is 21.2. The van der Waals surface area contributed by atoms with Crippen LogP contribution in [0.3, 0.4) is 0 Å². The number of carbonyl (C=O) groups excluding carboxylic acids is 2. The average Bonchev–Trinajstić information content (AvgIpc) is 3.71. The minimum absolute atomic E-state index is 0.0281. The Balaban J connectivity index is 0.000000376. The standard InChI is InChI=1S/C20H38N4O6.C15H18O3/c1-18(2)4-6-24-16-19(22-23-24)17-30-15-14-29-13-12-28-11-10-27-9-8-26-7-5-20(25)21-3;1-10(15(17)18)12-7-5-11(6-8-12)9-13-3-2-4-14(13)16/h16,18H,4-15,17H2,1-3H3,(H,21,25);5-8,10,13H,2-4,9H2,1H3,(H,17,18). The van der Waals surface area contributed by atoms with Gasteiger partial charge in [0.2, 0.25) is 5.91 Å². The monoisotopic (exact) mass is 676 g/mol. The molecule has 0 aliphatic heterocycles. The fourth-order valence-electron chi connectivity index (χ4n) is 4.72. The van der Waals surface area contributed by atoms with Gasteiger partial charge in [-0.2, -0.15) is 0 Å². The summed E-state index contributed by atoms with van der Waals surface area (Å²) < 4.78 is 28.9. The summed E-state index contributed by atoms with van der Waals surface area (Å²) >= 11 is 0. The van der Waals surface area contributed by atoms with Gasteiger partial charge >= 0.3 is 5.97 Å². The first-order valence-electron chi connectivity index (χ1n) is 17.0. The fraction of sp³-hybridized carbons (Fsp3) is 0.686. The van der Waals surface area contributed by atoms with E-state index in [1.165, 1.54) is 0 Å². The summed E-state index contributed by atoms with van der Waals surface area (Å²) in [6, 6.07) is 7.60. The lowest BCUT2D eigenvalue weighted by molar-refractivity contribution is -0.138. The number of aryl methyl sites for hydroxylation is 1. The van der Waals surface area contributed by atoms with Crippen LogP contribution in [0.1, 0.15) is 75.6 Å². The number of benzene rings is 1. The molecule has 270 valence electrons. The first-order chi connectivity index (χ1) is 23.2. The molecule has 13 heteroatoms. The number of rotatable bonds is 24. The number of aromatic nitrogens is 3. The molecule has 0 spiro atoms. The molecule has 0 radical (unpaired) electrons. The highest BCUT2D eigenvalue weighted by atomic mass is 16.6. The van der Waals surface area contributed by atoms with E-state index in [4.69, 9.17) is 28.8 Å². The lowest BCUT2D eigenvalue weighted by Gasteiger charge is -2.10. The van der Waals surface area contributed by atoms with Crippen LogP contribution in [0.5, 0.6) is 0 Å². The number of nitrogens with zero attached hydrogens (tertiary/aromatic N) is 3. The van der Waals surface area contributed by atoms with Gasteiger partial charge in [-0.05, 0) is 49.7 Å². The molecule has 2 atom stereocenters. The molecule has 2 aromatic rings. The highest BCUT2D eigenvalue weighted by molar-refractivity contribution is 5.83. The number of hydrogen-bond acceptors (Lipinski definition) is 10. The zero-order valence-corrected chi connectivity index (χ0v) is 29.2. The zero-order valence-electron chi connectivity index (χ0n) is 29.2. The molecule has 1 aliphatic rings. The first kappa shape index (κ1) is 40.9. The number of amides is 1. The van der Waals surface area contributed by atoms with Crippen molar-refractivity contribution in [2.24, 2.45) is 11.8 Å². The van der Waals surface area contributed by atoms with Crippen molar-refractivity contribution in [3.05, 3.63) is 47.3 Å². The van der Waals surface area contributed by atoms with Crippen molar-refractivity contribution in [2.45, 2.75) is 78.4 Å². The molecule has 0 saturated heterocycles. The van der Waals surface area contributed by atoms with Crippen molar-refractivity contribution in [3.63, 3.8) is 0 Å². The minimum atomic E-state index is -0.811. The Bertz CT molecular complexity index is 1170. The number of hydrogen-bond donors (Lipinski definition) is 2. The van der Waals surface area contributed by atoms with Crippen LogP contribution in [0.25, 0.3) is 0 Å². The molecule has 1 amide bonds. The van der Waals surface area contributed by atoms with Crippen molar-refractivity contribution >= 4 is 17.7 Å². The third-order valence-corrected chi connectivity index (χ3v) is 7.78. The summed E-state index contributed by atoms with van der Waals surface area (Å²) in [6.45, 7) is 11.8. The quantitative estimate of drug-likeness (QED) is 0.156. The lowest BCUT2D eigenvalue weighted by Crippen LogP contribution is -2.20. The van der Waals surface area contributed by atoms with Crippen molar-refractivity contribution in [1.82, 2.24) is 20.3 Å². The number of carboxylic acids is 1. The highest BCUT2D eigenvalue weighted by Crippen LogP contribution is 2.26. The molecular weight excluding hydrogens is 620 g/mol. The van der Waals surface area contributed by atoms with Crippen molar-refractivity contribution in [2.75, 3.05) is 66.5 Å². The minimum Gasteiger partial charge on any atom is -0.481 e. The molecule has 48 heavy (non-hydrogen) atoms. The van der Waals surface area contributed by atoms with Crippen LogP contribution in [-0.4, -0.2) is 104 Å². The number of nitrogens with one attached hydrogen (secondary N) is 1. The van der Waals surface area contributed by atoms with E-state index in [-0.39, 0.29) is 11.8 Å². The fourth-order valence-corrected chi connectivity index (χ4v) is 4.72. The number of ketones is 1. The molecule has 1 fully saturated rings. The van der Waals surface area contributed by atoms with Crippen LogP contribution in [0.4, 0.5) is 0 Å². The second kappa shape index (κ2) is 24.8. The third-order valence-electron chi connectivity index (χ3n) is 7.78. The van der Waals surface area contributed by atoms with E-state index in [1.54, 1.807) is 14.0 Å². The summed E-state index contributed by atoms with van der Waals surface area (Å²) in [5.74, 6) is -0.124. The van der Waals surface area contributed by atoms with Gasteiger partial charge in [0, 0.05) is 32.4 Å². The number of carbonyl (C=O) groups is 3. The maximum Gasteiger partial charge on any atom is 0.310 e. The summed E-state index contributed by atoms with van der Waals surface area (Å²) in [5, 5.41) is 19.7. The summed E-state index contributed by atoms with van der Waals surface area (Å²) in [5.41, 5.74) is 2.76. The van der Waals surface area contributed by atoms with Gasteiger partial charge in [-0.3, -0.25) is 19.1 Å². The van der Waals surface area contributed by atoms with Gasteiger partial charge in [0.05, 0.1) is 78.2 Å². The van der Waals surface area contributed by atoms with Gasteiger partial charge in [0.15, 0.2) is 0 Å². The summed E-state index contributed by atoms with van der Waals surface area (Å²) in [6.07, 6.45) is 6.89. The smallest absolute Gasteiger partial charge is 0.310 e. The Morgan fingerprint density at radius 3 is 2.02 bits per heavy atom. The molecular formula is C35H56N4O9. The van der Waals surface area contributed by atoms with Crippen LogP contribution in [0, 0.1) is 11.8 Å².